The largest absolute Gasteiger partial charge is 0.502 e. The Morgan fingerprint density at radius 3 is 2.48 bits per heavy atom. The summed E-state index contributed by atoms with van der Waals surface area (Å²) in [6.45, 7) is 8.19. The van der Waals surface area contributed by atoms with Gasteiger partial charge in [0.25, 0.3) is 0 Å². The molecule has 0 aliphatic rings. The molecule has 0 spiro atoms. The Kier molecular flexibility index (Phi) is 9.70. The number of nitrogens with zero attached hydrogens (tertiary/aromatic N) is 2. The summed E-state index contributed by atoms with van der Waals surface area (Å²) < 4.78 is 5.32. The quantitative estimate of drug-likeness (QED) is 0.377. The van der Waals surface area contributed by atoms with E-state index in [0.29, 0.717) is 25.1 Å². The Bertz CT molecular complexity index is 776. The molecular weight excluding hydrogens is 404 g/mol. The van der Waals surface area contributed by atoms with Crippen molar-refractivity contribution in [1.29, 1.82) is 0 Å². The van der Waals surface area contributed by atoms with Crippen LogP contribution in [-0.2, 0) is 16.0 Å². The highest BCUT2D eigenvalue weighted by molar-refractivity contribution is 5.78. The van der Waals surface area contributed by atoms with Crippen molar-refractivity contribution in [2.24, 2.45) is 5.92 Å². The molecule has 1 unspecified atom stereocenters. The number of carbonyl (C=O) groups is 2. The summed E-state index contributed by atoms with van der Waals surface area (Å²) in [5, 5.41) is 26.4. The number of nitro groups is 1. The molecule has 0 radical (unpaired) electrons. The molecule has 31 heavy (non-hydrogen) atoms. The Hall–Kier alpha value is -2.88. The fourth-order valence-electron chi connectivity index (χ4n) is 2.91. The molecule has 1 aromatic carbocycles. The lowest BCUT2D eigenvalue weighted by Gasteiger charge is -2.25. The summed E-state index contributed by atoms with van der Waals surface area (Å²) in [6, 6.07) is 3.55. The molecule has 2 amide bonds. The number of alkyl carbamates (subject to hydrolysis) is 1. The summed E-state index contributed by atoms with van der Waals surface area (Å²) in [4.78, 5) is 37.1. The monoisotopic (exact) mass is 438 g/mol. The van der Waals surface area contributed by atoms with Crippen LogP contribution in [0.25, 0.3) is 0 Å². The molecule has 0 fully saturated rings. The third kappa shape index (κ3) is 10.1. The first kappa shape index (κ1) is 26.2. The lowest BCUT2D eigenvalue weighted by Crippen LogP contribution is -2.43. The average Bonchev–Trinajstić information content (AvgIpc) is 2.60. The van der Waals surface area contributed by atoms with E-state index in [0.717, 1.165) is 0 Å². The minimum absolute atomic E-state index is 0.144. The molecular formula is C21H34N4O6. The zero-order valence-corrected chi connectivity index (χ0v) is 19.1. The van der Waals surface area contributed by atoms with E-state index in [9.17, 15) is 24.8 Å². The number of phenolic OH excluding ortho intramolecular Hbond substituents is 1. The second-order valence-corrected chi connectivity index (χ2v) is 8.86. The number of likely N-dealkylation sites (N-methyl/N-ethyl adjacent to an activating group) is 1. The molecule has 1 aromatic rings. The van der Waals surface area contributed by atoms with Gasteiger partial charge in [0.05, 0.1) is 4.92 Å². The zero-order valence-electron chi connectivity index (χ0n) is 19.1. The van der Waals surface area contributed by atoms with E-state index in [1.54, 1.807) is 33.8 Å². The van der Waals surface area contributed by atoms with Crippen LogP contribution in [0.5, 0.6) is 5.75 Å². The number of amides is 2. The molecule has 0 heterocycles. The molecule has 0 saturated heterocycles. The van der Waals surface area contributed by atoms with Gasteiger partial charge in [-0.1, -0.05) is 13.0 Å². The number of nitro benzene ring substituents is 1. The van der Waals surface area contributed by atoms with Gasteiger partial charge < -0.3 is 25.4 Å². The Morgan fingerprint density at radius 2 is 1.94 bits per heavy atom. The van der Waals surface area contributed by atoms with Gasteiger partial charge >= 0.3 is 11.8 Å². The maximum Gasteiger partial charge on any atom is 0.407 e. The maximum atomic E-state index is 12.4. The first-order chi connectivity index (χ1) is 14.3. The van der Waals surface area contributed by atoms with Crippen LogP contribution < -0.4 is 10.6 Å². The Labute approximate surface area is 183 Å². The van der Waals surface area contributed by atoms with Gasteiger partial charge in [0.2, 0.25) is 5.91 Å². The van der Waals surface area contributed by atoms with Crippen LogP contribution in [0, 0.1) is 16.0 Å². The lowest BCUT2D eigenvalue weighted by molar-refractivity contribution is -0.385. The fraction of sp³-hybridized carbons (Fsp3) is 0.619. The summed E-state index contributed by atoms with van der Waals surface area (Å²) in [5.74, 6) is -0.984. The first-order valence-electron chi connectivity index (χ1n) is 10.2. The third-order valence-electron chi connectivity index (χ3n) is 4.38. The molecule has 174 valence electrons. The van der Waals surface area contributed by atoms with Crippen molar-refractivity contribution in [3.05, 3.63) is 33.9 Å². The highest BCUT2D eigenvalue weighted by Crippen LogP contribution is 2.27. The number of phenols is 1. The number of nitrogens with one attached hydrogen (secondary N) is 2. The zero-order chi connectivity index (χ0) is 23.8. The van der Waals surface area contributed by atoms with Crippen LogP contribution in [0.2, 0.25) is 0 Å². The molecule has 0 aromatic heterocycles. The number of carbonyl (C=O) groups excluding carboxylic acids is 2. The van der Waals surface area contributed by atoms with Crippen molar-refractivity contribution in [3.63, 3.8) is 0 Å². The van der Waals surface area contributed by atoms with Crippen LogP contribution in [0.15, 0.2) is 18.2 Å². The lowest BCUT2D eigenvalue weighted by atomic mass is 9.95. The summed E-state index contributed by atoms with van der Waals surface area (Å²) in [5.41, 5.74) is -0.560. The van der Waals surface area contributed by atoms with Crippen molar-refractivity contribution < 1.29 is 24.4 Å². The van der Waals surface area contributed by atoms with Crippen molar-refractivity contribution >= 4 is 17.7 Å². The minimum atomic E-state index is -0.693. The van der Waals surface area contributed by atoms with Crippen LogP contribution in [0.3, 0.4) is 0 Å². The second kappa shape index (κ2) is 11.5. The van der Waals surface area contributed by atoms with Gasteiger partial charge in [-0.2, -0.15) is 0 Å². The molecule has 10 nitrogen and oxygen atoms in total. The third-order valence-corrected chi connectivity index (χ3v) is 4.38. The summed E-state index contributed by atoms with van der Waals surface area (Å²) in [6.07, 6.45) is -0.0943. The molecule has 3 N–H and O–H groups in total. The van der Waals surface area contributed by atoms with Crippen LogP contribution in [0.4, 0.5) is 10.5 Å². The number of ether oxygens (including phenoxy) is 1. The van der Waals surface area contributed by atoms with Crippen LogP contribution in [-0.4, -0.2) is 65.8 Å². The van der Waals surface area contributed by atoms with Gasteiger partial charge in [0, 0.05) is 31.1 Å². The van der Waals surface area contributed by atoms with Gasteiger partial charge in [-0.25, -0.2) is 4.79 Å². The number of rotatable bonds is 10. The second-order valence-electron chi connectivity index (χ2n) is 8.86. The average molecular weight is 439 g/mol. The van der Waals surface area contributed by atoms with Gasteiger partial charge in [0.1, 0.15) is 5.60 Å². The minimum Gasteiger partial charge on any atom is -0.502 e. The van der Waals surface area contributed by atoms with E-state index in [-0.39, 0.29) is 12.3 Å². The van der Waals surface area contributed by atoms with E-state index >= 15 is 0 Å². The maximum absolute atomic E-state index is 12.4. The highest BCUT2D eigenvalue weighted by Gasteiger charge is 2.25. The number of benzene rings is 1. The van der Waals surface area contributed by atoms with E-state index < -0.39 is 40.0 Å². The normalized spacial score (nSPS) is 13.4. The van der Waals surface area contributed by atoms with Crippen molar-refractivity contribution in [1.82, 2.24) is 15.5 Å². The van der Waals surface area contributed by atoms with Crippen molar-refractivity contribution in [2.75, 3.05) is 27.2 Å². The smallest absolute Gasteiger partial charge is 0.407 e. The van der Waals surface area contributed by atoms with E-state index in [1.807, 2.05) is 19.0 Å². The molecule has 10 heteroatoms. The van der Waals surface area contributed by atoms with Gasteiger partial charge in [0.15, 0.2) is 5.75 Å². The Balaban J connectivity index is 2.93. The molecule has 0 saturated carbocycles. The van der Waals surface area contributed by atoms with E-state index in [2.05, 4.69) is 10.6 Å². The molecule has 1 rings (SSSR count). The topological polar surface area (TPSA) is 134 Å². The Morgan fingerprint density at radius 1 is 1.29 bits per heavy atom. The molecule has 0 aliphatic carbocycles. The van der Waals surface area contributed by atoms with Crippen LogP contribution >= 0.6 is 0 Å². The SMILES string of the molecule is CC(C[C@H](Cc1ccc(O)c([N+](=O)[O-])c1)NC(=O)OC(C)(C)C)C(=O)NCCN(C)C. The van der Waals surface area contributed by atoms with Crippen LogP contribution in [0.1, 0.15) is 39.7 Å². The van der Waals surface area contributed by atoms with E-state index in [4.69, 9.17) is 4.74 Å². The number of aromatic hydroxyl groups is 1. The number of hydrogen-bond acceptors (Lipinski definition) is 7. The predicted molar refractivity (Wildman–Crippen MR) is 117 cm³/mol. The first-order valence-corrected chi connectivity index (χ1v) is 10.2. The van der Waals surface area contributed by atoms with Gasteiger partial charge in [-0.05, 0) is 59.3 Å². The van der Waals surface area contributed by atoms with Crippen molar-refractivity contribution in [3.8, 4) is 5.75 Å². The van der Waals surface area contributed by atoms with Gasteiger partial charge in [-0.3, -0.25) is 14.9 Å². The summed E-state index contributed by atoms with van der Waals surface area (Å²) in [7, 11) is 3.82. The fourth-order valence-corrected chi connectivity index (χ4v) is 2.91. The highest BCUT2D eigenvalue weighted by atomic mass is 16.6. The molecule has 2 atom stereocenters. The summed E-state index contributed by atoms with van der Waals surface area (Å²) >= 11 is 0. The van der Waals surface area contributed by atoms with Gasteiger partial charge in [-0.15, -0.1) is 0 Å². The predicted octanol–water partition coefficient (Wildman–Crippen LogP) is 2.44. The number of hydrogen-bond donors (Lipinski definition) is 3. The molecule has 0 bridgehead atoms. The standard InChI is InChI=1S/C21H34N4O6/c1-14(19(27)22-9-10-24(5)6)11-16(23-20(28)31-21(2,3)4)12-15-7-8-18(26)17(13-15)25(29)30/h7-8,13-14,16,26H,9-12H2,1-6H3,(H,22,27)(H,23,28)/t14?,16-/m1/s1. The van der Waals surface area contributed by atoms with E-state index in [1.165, 1.54) is 12.1 Å². The van der Waals surface area contributed by atoms with Crippen molar-refractivity contribution in [2.45, 2.75) is 52.2 Å². The molecule has 0 aliphatic heterocycles.